The van der Waals surface area contributed by atoms with Crippen molar-refractivity contribution in [3.8, 4) is 0 Å². The number of halogens is 2. The fourth-order valence-electron chi connectivity index (χ4n) is 4.32. The molecule has 4 heteroatoms. The standard InChI is InChI=1S/C19H25ClFNO/c1-14-12-16(21)13-17(18(14)20)22-9-7-19(8-10-22)5-2-15(3-6-19)4-11-23/h11-13,15H,2-10H2,1H3. The number of hydrogen-bond donors (Lipinski definition) is 0. The molecule has 0 bridgehead atoms. The summed E-state index contributed by atoms with van der Waals surface area (Å²) in [6.07, 6.45) is 8.90. The van der Waals surface area contributed by atoms with Crippen LogP contribution in [0.4, 0.5) is 10.1 Å². The maximum Gasteiger partial charge on any atom is 0.125 e. The van der Waals surface area contributed by atoms with Crippen molar-refractivity contribution in [2.75, 3.05) is 18.0 Å². The van der Waals surface area contributed by atoms with Crippen LogP contribution in [-0.4, -0.2) is 19.4 Å². The van der Waals surface area contributed by atoms with Crippen molar-refractivity contribution in [2.45, 2.75) is 51.9 Å². The maximum atomic E-state index is 13.7. The van der Waals surface area contributed by atoms with Crippen LogP contribution in [0, 0.1) is 24.1 Å². The zero-order chi connectivity index (χ0) is 16.4. The number of aldehydes is 1. The molecular formula is C19H25ClFNO. The van der Waals surface area contributed by atoms with Gasteiger partial charge in [0.15, 0.2) is 0 Å². The molecule has 1 aliphatic carbocycles. The smallest absolute Gasteiger partial charge is 0.125 e. The van der Waals surface area contributed by atoms with Gasteiger partial charge in [-0.05, 0) is 74.5 Å². The minimum absolute atomic E-state index is 0.212. The lowest BCUT2D eigenvalue weighted by Gasteiger charge is -2.46. The average molecular weight is 338 g/mol. The number of hydrogen-bond acceptors (Lipinski definition) is 2. The third-order valence-electron chi connectivity index (χ3n) is 5.96. The van der Waals surface area contributed by atoms with Gasteiger partial charge in [0.25, 0.3) is 0 Å². The Morgan fingerprint density at radius 1 is 1.26 bits per heavy atom. The fraction of sp³-hybridized carbons (Fsp3) is 0.632. The third kappa shape index (κ3) is 3.55. The zero-order valence-electron chi connectivity index (χ0n) is 13.8. The molecule has 3 rings (SSSR count). The van der Waals surface area contributed by atoms with Crippen LogP contribution >= 0.6 is 11.6 Å². The number of piperidine rings is 1. The highest BCUT2D eigenvalue weighted by Gasteiger charge is 2.38. The molecule has 23 heavy (non-hydrogen) atoms. The Morgan fingerprint density at radius 3 is 2.52 bits per heavy atom. The predicted molar refractivity (Wildman–Crippen MR) is 92.7 cm³/mol. The van der Waals surface area contributed by atoms with E-state index in [9.17, 15) is 9.18 Å². The first-order chi connectivity index (χ1) is 11.0. The number of rotatable bonds is 3. The van der Waals surface area contributed by atoms with E-state index in [1.54, 1.807) is 6.07 Å². The molecule has 2 fully saturated rings. The van der Waals surface area contributed by atoms with E-state index in [1.807, 2.05) is 6.92 Å². The van der Waals surface area contributed by atoms with Crippen molar-refractivity contribution in [2.24, 2.45) is 11.3 Å². The van der Waals surface area contributed by atoms with Crippen LogP contribution < -0.4 is 4.90 Å². The molecule has 1 saturated carbocycles. The van der Waals surface area contributed by atoms with Crippen LogP contribution in [0.2, 0.25) is 5.02 Å². The van der Waals surface area contributed by atoms with Crippen molar-refractivity contribution >= 4 is 23.6 Å². The first kappa shape index (κ1) is 16.8. The third-order valence-corrected chi connectivity index (χ3v) is 6.45. The Labute approximate surface area is 143 Å². The summed E-state index contributed by atoms with van der Waals surface area (Å²) in [7, 11) is 0. The van der Waals surface area contributed by atoms with Gasteiger partial charge in [-0.3, -0.25) is 0 Å². The number of aryl methyl sites for hydroxylation is 1. The van der Waals surface area contributed by atoms with Crippen LogP contribution in [-0.2, 0) is 4.79 Å². The van der Waals surface area contributed by atoms with Gasteiger partial charge in [0.2, 0.25) is 0 Å². The van der Waals surface area contributed by atoms with Gasteiger partial charge in [0.1, 0.15) is 12.1 Å². The quantitative estimate of drug-likeness (QED) is 0.710. The van der Waals surface area contributed by atoms with Crippen LogP contribution in [0.5, 0.6) is 0 Å². The lowest BCUT2D eigenvalue weighted by Crippen LogP contribution is -2.42. The number of benzene rings is 1. The molecule has 1 spiro atoms. The Kier molecular flexibility index (Phi) is 4.96. The van der Waals surface area contributed by atoms with Gasteiger partial charge in [-0.15, -0.1) is 0 Å². The molecule has 0 aromatic heterocycles. The van der Waals surface area contributed by atoms with E-state index in [0.29, 0.717) is 16.4 Å². The highest BCUT2D eigenvalue weighted by atomic mass is 35.5. The number of carbonyl (C=O) groups is 1. The first-order valence-corrected chi connectivity index (χ1v) is 9.05. The van der Waals surface area contributed by atoms with Gasteiger partial charge in [-0.2, -0.15) is 0 Å². The highest BCUT2D eigenvalue weighted by molar-refractivity contribution is 6.34. The second-order valence-corrected chi connectivity index (χ2v) is 7.77. The van der Waals surface area contributed by atoms with E-state index in [0.717, 1.165) is 49.9 Å². The summed E-state index contributed by atoms with van der Waals surface area (Å²) in [5.41, 5.74) is 2.08. The molecule has 1 aliphatic heterocycles. The van der Waals surface area contributed by atoms with Crippen molar-refractivity contribution in [3.05, 3.63) is 28.5 Å². The van der Waals surface area contributed by atoms with Crippen LogP contribution in [0.15, 0.2) is 12.1 Å². The fourth-order valence-corrected chi connectivity index (χ4v) is 4.55. The molecule has 126 valence electrons. The lowest BCUT2D eigenvalue weighted by molar-refractivity contribution is -0.109. The number of carbonyl (C=O) groups excluding carboxylic acids is 1. The summed E-state index contributed by atoms with van der Waals surface area (Å²) >= 11 is 6.39. The molecule has 2 aliphatic rings. The second-order valence-electron chi connectivity index (χ2n) is 7.39. The molecule has 1 aromatic rings. The summed E-state index contributed by atoms with van der Waals surface area (Å²) in [6.45, 7) is 3.75. The Morgan fingerprint density at radius 2 is 1.91 bits per heavy atom. The molecule has 1 saturated heterocycles. The summed E-state index contributed by atoms with van der Waals surface area (Å²) in [6, 6.07) is 3.06. The molecule has 0 amide bonds. The van der Waals surface area contributed by atoms with Gasteiger partial charge in [0.05, 0.1) is 10.7 Å². The van der Waals surface area contributed by atoms with E-state index in [2.05, 4.69) is 4.90 Å². The number of nitrogens with zero attached hydrogens (tertiary/aromatic N) is 1. The molecule has 0 atom stereocenters. The van der Waals surface area contributed by atoms with Gasteiger partial charge >= 0.3 is 0 Å². The lowest BCUT2D eigenvalue weighted by atomic mass is 9.65. The summed E-state index contributed by atoms with van der Waals surface area (Å²) in [4.78, 5) is 12.9. The minimum Gasteiger partial charge on any atom is -0.370 e. The predicted octanol–water partition coefficient (Wildman–Crippen LogP) is 5.15. The molecular weight excluding hydrogens is 313 g/mol. The van der Waals surface area contributed by atoms with Crippen molar-refractivity contribution in [3.63, 3.8) is 0 Å². The molecule has 2 nitrogen and oxygen atoms in total. The number of anilines is 1. The second kappa shape index (κ2) is 6.80. The van der Waals surface area contributed by atoms with Crippen LogP contribution in [0.3, 0.4) is 0 Å². The monoisotopic (exact) mass is 337 g/mol. The van der Waals surface area contributed by atoms with Gasteiger partial charge in [-0.25, -0.2) is 4.39 Å². The Balaban J connectivity index is 1.64. The SMILES string of the molecule is Cc1cc(F)cc(N2CCC3(CCC(CC=O)CC3)CC2)c1Cl. The van der Waals surface area contributed by atoms with Gasteiger partial charge < -0.3 is 9.69 Å². The molecule has 0 unspecified atom stereocenters. The molecule has 0 N–H and O–H groups in total. The van der Waals surface area contributed by atoms with E-state index < -0.39 is 0 Å². The van der Waals surface area contributed by atoms with Crippen LogP contribution in [0.25, 0.3) is 0 Å². The Hall–Kier alpha value is -1.09. The first-order valence-electron chi connectivity index (χ1n) is 8.67. The summed E-state index contributed by atoms with van der Waals surface area (Å²) in [5, 5.41) is 0.678. The van der Waals surface area contributed by atoms with E-state index >= 15 is 0 Å². The molecule has 1 aromatic carbocycles. The summed E-state index contributed by atoms with van der Waals surface area (Å²) < 4.78 is 13.7. The van der Waals surface area contributed by atoms with E-state index in [1.165, 1.54) is 31.7 Å². The largest absolute Gasteiger partial charge is 0.370 e. The topological polar surface area (TPSA) is 20.3 Å². The van der Waals surface area contributed by atoms with Crippen LogP contribution in [0.1, 0.15) is 50.5 Å². The van der Waals surface area contributed by atoms with Crippen molar-refractivity contribution in [1.82, 2.24) is 0 Å². The molecule has 1 heterocycles. The van der Waals surface area contributed by atoms with E-state index in [4.69, 9.17) is 11.6 Å². The highest BCUT2D eigenvalue weighted by Crippen LogP contribution is 2.47. The van der Waals surface area contributed by atoms with Crippen molar-refractivity contribution in [1.29, 1.82) is 0 Å². The van der Waals surface area contributed by atoms with Crippen molar-refractivity contribution < 1.29 is 9.18 Å². The zero-order valence-corrected chi connectivity index (χ0v) is 14.5. The minimum atomic E-state index is -0.212. The normalized spacial score (nSPS) is 21.6. The maximum absolute atomic E-state index is 13.7. The molecule has 0 radical (unpaired) electrons. The Bertz CT molecular complexity index is 571. The van der Waals surface area contributed by atoms with Gasteiger partial charge in [0, 0.05) is 19.5 Å². The van der Waals surface area contributed by atoms with Gasteiger partial charge in [-0.1, -0.05) is 11.6 Å². The summed E-state index contributed by atoms with van der Waals surface area (Å²) in [5.74, 6) is 0.382. The average Bonchev–Trinajstić information content (AvgIpc) is 2.54. The van der Waals surface area contributed by atoms with E-state index in [-0.39, 0.29) is 5.82 Å².